The molecule has 0 aliphatic carbocycles. The van der Waals surface area contributed by atoms with Gasteiger partial charge in [0.1, 0.15) is 11.3 Å². The Balaban J connectivity index is 3.90. The highest BCUT2D eigenvalue weighted by molar-refractivity contribution is 5.92. The first-order chi connectivity index (χ1) is 9.17. The zero-order valence-electron chi connectivity index (χ0n) is 9.33. The lowest BCUT2D eigenvalue weighted by Crippen LogP contribution is -2.51. The van der Waals surface area contributed by atoms with Crippen LogP contribution in [0.25, 0.3) is 0 Å². The smallest absolute Gasteiger partial charge is 0.507 e. The Morgan fingerprint density at radius 3 is 1.85 bits per heavy atom. The van der Waals surface area contributed by atoms with Gasteiger partial charge in [0.25, 0.3) is 0 Å². The highest BCUT2D eigenvalue weighted by atomic mass is 16.7. The van der Waals surface area contributed by atoms with Gasteiger partial charge in [0.05, 0.1) is 0 Å². The zero-order valence-corrected chi connectivity index (χ0v) is 9.33. The molecule has 0 amide bonds. The summed E-state index contributed by atoms with van der Waals surface area (Å²) in [6.07, 6.45) is 0. The molecule has 0 unspecified atom stereocenters. The predicted molar refractivity (Wildman–Crippen MR) is 57.7 cm³/mol. The van der Waals surface area contributed by atoms with Gasteiger partial charge in [0.2, 0.25) is 5.56 Å². The van der Waals surface area contributed by atoms with Crippen LogP contribution in [0, 0.1) is 30.3 Å². The van der Waals surface area contributed by atoms with Crippen molar-refractivity contribution in [2.75, 3.05) is 0 Å². The molecule has 12 nitrogen and oxygen atoms in total. The molecule has 12 heteroatoms. The first kappa shape index (κ1) is 14.7. The summed E-state index contributed by atoms with van der Waals surface area (Å²) in [6.45, 7) is 0. The van der Waals surface area contributed by atoms with Crippen molar-refractivity contribution in [3.8, 4) is 5.75 Å². The minimum Gasteiger partial charge on any atom is -0.507 e. The average molecular weight is 287 g/mol. The van der Waals surface area contributed by atoms with Crippen LogP contribution in [0.15, 0.2) is 18.2 Å². The molecule has 106 valence electrons. The fourth-order valence-corrected chi connectivity index (χ4v) is 1.54. The summed E-state index contributed by atoms with van der Waals surface area (Å²) >= 11 is 0. The van der Waals surface area contributed by atoms with Crippen molar-refractivity contribution in [1.82, 2.24) is 0 Å². The van der Waals surface area contributed by atoms with Crippen LogP contribution >= 0.6 is 0 Å². The molecule has 0 spiro atoms. The Morgan fingerprint density at radius 2 is 1.50 bits per heavy atom. The molecule has 0 radical (unpaired) electrons. The lowest BCUT2D eigenvalue weighted by atomic mass is 10.0. The summed E-state index contributed by atoms with van der Waals surface area (Å²) in [5.41, 5.74) is -2.64. The third-order valence-electron chi connectivity index (χ3n) is 2.38. The van der Waals surface area contributed by atoms with Crippen molar-refractivity contribution in [2.45, 2.75) is 5.79 Å². The SMILES string of the molecule is O=C(O)c1c(O)cccc1C([N+](=O)[O-])([N+](=O)[O-])[N+](=O)[O-]. The van der Waals surface area contributed by atoms with Gasteiger partial charge >= 0.3 is 11.8 Å². The van der Waals surface area contributed by atoms with Crippen LogP contribution in [-0.2, 0) is 5.79 Å². The van der Waals surface area contributed by atoms with Gasteiger partial charge in [0.15, 0.2) is 14.8 Å². The second kappa shape index (κ2) is 4.75. The third-order valence-corrected chi connectivity index (χ3v) is 2.38. The maximum atomic E-state index is 10.9. The van der Waals surface area contributed by atoms with E-state index in [1.54, 1.807) is 0 Å². The van der Waals surface area contributed by atoms with Crippen molar-refractivity contribution in [2.24, 2.45) is 0 Å². The Morgan fingerprint density at radius 1 is 1.05 bits per heavy atom. The number of benzene rings is 1. The van der Waals surface area contributed by atoms with E-state index in [1.807, 2.05) is 0 Å². The normalized spacial score (nSPS) is 10.8. The molecule has 0 aromatic heterocycles. The number of aromatic hydroxyl groups is 1. The number of rotatable bonds is 5. The van der Waals surface area contributed by atoms with Gasteiger partial charge in [-0.1, -0.05) is 6.07 Å². The zero-order chi connectivity index (χ0) is 15.7. The first-order valence-corrected chi connectivity index (χ1v) is 4.66. The van der Waals surface area contributed by atoms with E-state index in [9.17, 15) is 40.2 Å². The number of hydrogen-bond donors (Lipinski definition) is 2. The fourth-order valence-electron chi connectivity index (χ4n) is 1.54. The average Bonchev–Trinajstić information content (AvgIpc) is 2.27. The molecule has 0 atom stereocenters. The lowest BCUT2D eigenvalue weighted by molar-refractivity contribution is -0.986. The van der Waals surface area contributed by atoms with E-state index >= 15 is 0 Å². The lowest BCUT2D eigenvalue weighted by Gasteiger charge is -2.11. The number of aromatic carboxylic acids is 1. The van der Waals surface area contributed by atoms with Crippen LogP contribution in [0.1, 0.15) is 15.9 Å². The summed E-state index contributed by atoms with van der Waals surface area (Å²) in [5.74, 6) is -7.16. The number of nitrogens with zero attached hydrogens (tertiary/aromatic N) is 3. The molecular formula is C8H5N3O9. The minimum absolute atomic E-state index is 0.525. The van der Waals surface area contributed by atoms with Crippen LogP contribution in [0.5, 0.6) is 5.75 Å². The molecule has 0 fully saturated rings. The Labute approximate surface area is 108 Å². The van der Waals surface area contributed by atoms with Gasteiger partial charge in [-0.2, -0.15) is 0 Å². The maximum Gasteiger partial charge on any atom is 0.729 e. The fraction of sp³-hybridized carbons (Fsp3) is 0.125. The van der Waals surface area contributed by atoms with Gasteiger partial charge < -0.3 is 10.2 Å². The maximum absolute atomic E-state index is 10.9. The summed E-state index contributed by atoms with van der Waals surface area (Å²) in [6, 6.07) is 2.12. The molecule has 2 N–H and O–H groups in total. The molecule has 1 aromatic carbocycles. The van der Waals surface area contributed by atoms with Gasteiger partial charge in [-0.15, -0.1) is 0 Å². The second-order valence-corrected chi connectivity index (χ2v) is 3.41. The van der Waals surface area contributed by atoms with Crippen molar-refractivity contribution < 1.29 is 29.8 Å². The van der Waals surface area contributed by atoms with Gasteiger partial charge in [-0.25, -0.2) is 4.79 Å². The van der Waals surface area contributed by atoms with Crippen molar-refractivity contribution in [3.05, 3.63) is 59.7 Å². The summed E-state index contributed by atoms with van der Waals surface area (Å²) in [4.78, 5) is 37.9. The summed E-state index contributed by atoms with van der Waals surface area (Å²) in [5, 5.41) is 50.7. The van der Waals surface area contributed by atoms with Crippen LogP contribution < -0.4 is 0 Å². The van der Waals surface area contributed by atoms with E-state index in [2.05, 4.69) is 0 Å². The highest BCUT2D eigenvalue weighted by Gasteiger charge is 2.74. The molecule has 0 aliphatic rings. The Kier molecular flexibility index (Phi) is 3.51. The minimum atomic E-state index is -4.12. The molecule has 0 saturated heterocycles. The highest BCUT2D eigenvalue weighted by Crippen LogP contribution is 2.33. The molecule has 0 aliphatic heterocycles. The van der Waals surface area contributed by atoms with E-state index in [4.69, 9.17) is 5.11 Å². The topological polar surface area (TPSA) is 187 Å². The van der Waals surface area contributed by atoms with Crippen LogP contribution in [0.2, 0.25) is 0 Å². The molecule has 1 aromatic rings. The number of carboxylic acid groups (broad SMARTS) is 1. The van der Waals surface area contributed by atoms with E-state index in [0.717, 1.165) is 12.1 Å². The number of carbonyl (C=O) groups is 1. The molecule has 0 bridgehead atoms. The van der Waals surface area contributed by atoms with Gasteiger partial charge in [0, 0.05) is 0 Å². The Hall–Kier alpha value is -3.31. The number of hydrogen-bond acceptors (Lipinski definition) is 8. The largest absolute Gasteiger partial charge is 0.729 e. The summed E-state index contributed by atoms with van der Waals surface area (Å²) < 4.78 is 0. The van der Waals surface area contributed by atoms with E-state index in [1.165, 1.54) is 0 Å². The van der Waals surface area contributed by atoms with Crippen molar-refractivity contribution in [3.63, 3.8) is 0 Å². The number of phenols is 1. The van der Waals surface area contributed by atoms with Crippen molar-refractivity contribution in [1.29, 1.82) is 0 Å². The molecular weight excluding hydrogens is 282 g/mol. The third kappa shape index (κ3) is 1.84. The number of carboxylic acids is 1. The quantitative estimate of drug-likeness (QED) is 0.427. The van der Waals surface area contributed by atoms with Crippen LogP contribution in [0.4, 0.5) is 0 Å². The van der Waals surface area contributed by atoms with Crippen LogP contribution in [-0.4, -0.2) is 31.0 Å². The van der Waals surface area contributed by atoms with Crippen LogP contribution in [0.3, 0.4) is 0 Å². The second-order valence-electron chi connectivity index (χ2n) is 3.41. The predicted octanol–water partition coefficient (Wildman–Crippen LogP) is 0.0308. The standard InChI is InChI=1S/C8H5N3O9/c12-5-3-1-2-4(6(5)7(13)14)8(9(15)16,10(17)18)11(19)20/h1-3,12H,(H,13,14). The van der Waals surface area contributed by atoms with Gasteiger partial charge in [-0.3, -0.25) is 30.3 Å². The Bertz CT molecular complexity index is 590. The first-order valence-electron chi connectivity index (χ1n) is 4.66. The monoisotopic (exact) mass is 287 g/mol. The summed E-state index contributed by atoms with van der Waals surface area (Å²) in [7, 11) is 0. The molecule has 20 heavy (non-hydrogen) atoms. The van der Waals surface area contributed by atoms with E-state index in [0.29, 0.717) is 6.07 Å². The number of nitro groups is 3. The van der Waals surface area contributed by atoms with Crippen molar-refractivity contribution >= 4 is 5.97 Å². The molecule has 0 heterocycles. The van der Waals surface area contributed by atoms with E-state index < -0.39 is 43.4 Å². The molecule has 0 saturated carbocycles. The van der Waals surface area contributed by atoms with Gasteiger partial charge in [-0.05, 0) is 12.1 Å². The molecule has 1 rings (SSSR count). The van der Waals surface area contributed by atoms with E-state index in [-0.39, 0.29) is 0 Å².